The van der Waals surface area contributed by atoms with Crippen LogP contribution in [0.5, 0.6) is 0 Å². The van der Waals surface area contributed by atoms with Gasteiger partial charge in [0.15, 0.2) is 0 Å². The number of H-pyrrole nitrogens is 1. The minimum absolute atomic E-state index is 0.0275. The number of nitrogens with zero attached hydrogens (tertiary/aromatic N) is 2. The summed E-state index contributed by atoms with van der Waals surface area (Å²) in [7, 11) is -0.0275. The van der Waals surface area contributed by atoms with Crippen LogP contribution in [0.2, 0.25) is 0 Å². The number of aromatic nitrogens is 3. The summed E-state index contributed by atoms with van der Waals surface area (Å²) in [5, 5.41) is 0. The molecule has 0 fully saturated rings. The molecule has 3 nitrogen and oxygen atoms in total. The van der Waals surface area contributed by atoms with Crippen molar-refractivity contribution in [1.29, 1.82) is 0 Å². The fourth-order valence-electron chi connectivity index (χ4n) is 2.90. The van der Waals surface area contributed by atoms with E-state index in [1.807, 2.05) is 38.1 Å². The van der Waals surface area contributed by atoms with E-state index in [1.165, 1.54) is 17.0 Å². The van der Waals surface area contributed by atoms with E-state index in [1.54, 1.807) is 24.5 Å². The van der Waals surface area contributed by atoms with Crippen LogP contribution in [0.4, 0.5) is 4.39 Å². The van der Waals surface area contributed by atoms with Crippen LogP contribution in [-0.4, -0.2) is 27.1 Å². The van der Waals surface area contributed by atoms with E-state index in [4.69, 9.17) is 4.98 Å². The molecule has 1 unspecified atom stereocenters. The van der Waals surface area contributed by atoms with Crippen LogP contribution in [0.15, 0.2) is 78.0 Å². The van der Waals surface area contributed by atoms with Crippen molar-refractivity contribution in [3.63, 3.8) is 0 Å². The van der Waals surface area contributed by atoms with E-state index in [-0.39, 0.29) is 16.3 Å². The van der Waals surface area contributed by atoms with Crippen LogP contribution < -0.4 is 0 Å². The van der Waals surface area contributed by atoms with E-state index >= 15 is 0 Å². The molecule has 2 heterocycles. The lowest BCUT2D eigenvalue weighted by Gasteiger charge is -2.02. The number of aromatic amines is 1. The van der Waals surface area contributed by atoms with Crippen molar-refractivity contribution in [3.05, 3.63) is 78.9 Å². The number of rotatable bonds is 4. The van der Waals surface area contributed by atoms with Gasteiger partial charge in [-0.15, -0.1) is 0 Å². The van der Waals surface area contributed by atoms with Crippen LogP contribution in [0, 0.1) is 5.82 Å². The molecule has 1 atom stereocenters. The van der Waals surface area contributed by atoms with Crippen LogP contribution in [0.1, 0.15) is 13.8 Å². The number of nitrogens with one attached hydrogen (secondary N) is 1. The highest BCUT2D eigenvalue weighted by Gasteiger charge is 2.15. The molecule has 2 aromatic carbocycles. The summed E-state index contributed by atoms with van der Waals surface area (Å²) in [6.07, 6.45) is 5.58. The molecule has 4 aromatic rings. The lowest BCUT2D eigenvalue weighted by molar-refractivity contribution is 0.628. The third-order valence-corrected chi connectivity index (χ3v) is 5.40. The molecule has 4 rings (SSSR count). The highest BCUT2D eigenvalue weighted by molar-refractivity contribution is 8.13. The van der Waals surface area contributed by atoms with Gasteiger partial charge in [-0.2, -0.15) is 10.5 Å². The summed E-state index contributed by atoms with van der Waals surface area (Å²) in [5.41, 5.74) is 4.50. The Kier molecular flexibility index (Phi) is 6.73. The van der Waals surface area contributed by atoms with E-state index in [0.29, 0.717) is 0 Å². The molecule has 0 radical (unpaired) electrons. The summed E-state index contributed by atoms with van der Waals surface area (Å²) >= 11 is 0. The maximum atomic E-state index is 13.4. The zero-order valence-corrected chi connectivity index (χ0v) is 17.6. The Morgan fingerprint density at radius 1 is 0.828 bits per heavy atom. The second kappa shape index (κ2) is 9.43. The first-order chi connectivity index (χ1) is 14.1. The Hall–Kier alpha value is -3.05. The highest BCUT2D eigenvalue weighted by atomic mass is 32.2. The number of halogens is 1. The van der Waals surface area contributed by atoms with Gasteiger partial charge in [0.2, 0.25) is 0 Å². The van der Waals surface area contributed by atoms with Crippen molar-refractivity contribution in [2.45, 2.75) is 18.7 Å². The number of imidazole rings is 1. The molecule has 0 saturated carbocycles. The minimum Gasteiger partial charge on any atom is -0.337 e. The van der Waals surface area contributed by atoms with Gasteiger partial charge in [-0.25, -0.2) is 9.37 Å². The van der Waals surface area contributed by atoms with Crippen molar-refractivity contribution >= 4 is 16.4 Å². The third kappa shape index (κ3) is 4.69. The maximum Gasteiger partial charge on any atom is 0.138 e. The first kappa shape index (κ1) is 20.7. The van der Waals surface area contributed by atoms with Gasteiger partial charge in [-0.3, -0.25) is 4.98 Å². The SMILES string of the molecule is C=S(C)c1ccc(-c2nc(-c3ccc(F)cc3)c(-c3ccncc3)[nH]2)cc1.CC. The molecule has 0 bridgehead atoms. The number of benzene rings is 2. The summed E-state index contributed by atoms with van der Waals surface area (Å²) < 4.78 is 13.4. The molecule has 0 amide bonds. The molecule has 0 saturated heterocycles. The standard InChI is InChI=1S/C22H18FN3S.C2H6/c1-27(2)19-9-5-17(6-10-19)22-25-20(15-3-7-18(23)8-4-15)21(26-22)16-11-13-24-14-12-16;1-2/h3-14H,1H2,2H3,(H,25,26);1-2H3. The summed E-state index contributed by atoms with van der Waals surface area (Å²) in [5.74, 6) is 4.59. The van der Waals surface area contributed by atoms with Gasteiger partial charge >= 0.3 is 0 Å². The molecular weight excluding hydrogens is 381 g/mol. The fourth-order valence-corrected chi connectivity index (χ4v) is 3.50. The molecule has 0 aliphatic heterocycles. The van der Waals surface area contributed by atoms with Gasteiger partial charge in [-0.1, -0.05) is 31.9 Å². The highest BCUT2D eigenvalue weighted by Crippen LogP contribution is 2.33. The van der Waals surface area contributed by atoms with Crippen molar-refractivity contribution in [2.75, 3.05) is 6.26 Å². The van der Waals surface area contributed by atoms with Gasteiger partial charge in [0.1, 0.15) is 11.6 Å². The van der Waals surface area contributed by atoms with Crippen molar-refractivity contribution < 1.29 is 4.39 Å². The molecule has 148 valence electrons. The Bertz CT molecular complexity index is 1090. The Labute approximate surface area is 173 Å². The molecule has 0 aliphatic carbocycles. The topological polar surface area (TPSA) is 41.6 Å². The van der Waals surface area contributed by atoms with Gasteiger partial charge in [0.05, 0.1) is 11.4 Å². The van der Waals surface area contributed by atoms with Gasteiger partial charge in [-0.05, 0) is 54.8 Å². The molecule has 5 heteroatoms. The van der Waals surface area contributed by atoms with E-state index in [2.05, 4.69) is 34.2 Å². The summed E-state index contributed by atoms with van der Waals surface area (Å²) in [6, 6.07) is 18.5. The zero-order valence-electron chi connectivity index (χ0n) is 16.8. The minimum atomic E-state index is -0.265. The lowest BCUT2D eigenvalue weighted by atomic mass is 10.1. The number of hydrogen-bond donors (Lipinski definition) is 1. The molecule has 29 heavy (non-hydrogen) atoms. The molecule has 0 spiro atoms. The zero-order chi connectivity index (χ0) is 20.8. The van der Waals surface area contributed by atoms with Crippen molar-refractivity contribution in [2.24, 2.45) is 0 Å². The largest absolute Gasteiger partial charge is 0.337 e. The maximum absolute atomic E-state index is 13.4. The van der Waals surface area contributed by atoms with Gasteiger partial charge in [0.25, 0.3) is 0 Å². The Balaban J connectivity index is 0.00000117. The van der Waals surface area contributed by atoms with Crippen LogP contribution in [0.3, 0.4) is 0 Å². The Morgan fingerprint density at radius 2 is 1.41 bits per heavy atom. The normalized spacial score (nSPS) is 11.4. The molecular formula is C24H24FN3S. The first-order valence-corrected chi connectivity index (χ1v) is 11.2. The molecule has 1 N–H and O–H groups in total. The third-order valence-electron chi connectivity index (χ3n) is 4.32. The van der Waals surface area contributed by atoms with E-state index < -0.39 is 0 Å². The van der Waals surface area contributed by atoms with Crippen LogP contribution in [-0.2, 0) is 0 Å². The first-order valence-electron chi connectivity index (χ1n) is 9.44. The van der Waals surface area contributed by atoms with E-state index in [0.717, 1.165) is 33.9 Å². The summed E-state index contributed by atoms with van der Waals surface area (Å²) in [6.45, 7) is 4.00. The quantitative estimate of drug-likeness (QED) is 0.386. The number of hydrogen-bond acceptors (Lipinski definition) is 2. The number of pyridine rings is 1. The predicted octanol–water partition coefficient (Wildman–Crippen LogP) is 6.66. The Morgan fingerprint density at radius 3 is 2.00 bits per heavy atom. The van der Waals surface area contributed by atoms with Crippen molar-refractivity contribution in [3.8, 4) is 33.9 Å². The van der Waals surface area contributed by atoms with Crippen molar-refractivity contribution in [1.82, 2.24) is 15.0 Å². The lowest BCUT2D eigenvalue weighted by Crippen LogP contribution is -1.84. The monoisotopic (exact) mass is 405 g/mol. The smallest absolute Gasteiger partial charge is 0.138 e. The fraction of sp³-hybridized carbons (Fsp3) is 0.125. The van der Waals surface area contributed by atoms with Crippen LogP contribution in [0.25, 0.3) is 33.9 Å². The second-order valence-electron chi connectivity index (χ2n) is 6.21. The van der Waals surface area contributed by atoms with E-state index in [9.17, 15) is 4.39 Å². The van der Waals surface area contributed by atoms with Gasteiger partial charge < -0.3 is 4.98 Å². The second-order valence-corrected chi connectivity index (χ2v) is 7.96. The predicted molar refractivity (Wildman–Crippen MR) is 123 cm³/mol. The summed E-state index contributed by atoms with van der Waals surface area (Å²) in [4.78, 5) is 13.5. The molecule has 2 aromatic heterocycles. The van der Waals surface area contributed by atoms with Gasteiger partial charge in [0, 0.05) is 34.0 Å². The van der Waals surface area contributed by atoms with Crippen LogP contribution >= 0.6 is 10.5 Å². The molecule has 0 aliphatic rings. The average Bonchev–Trinajstić information content (AvgIpc) is 3.22. The average molecular weight is 406 g/mol.